The van der Waals surface area contributed by atoms with Crippen molar-refractivity contribution in [2.75, 3.05) is 20.1 Å². The van der Waals surface area contributed by atoms with E-state index in [1.165, 1.54) is 42.9 Å². The number of nitrogens with zero attached hydrogens (tertiary/aromatic N) is 3. The summed E-state index contributed by atoms with van der Waals surface area (Å²) in [5, 5.41) is 4.79. The Morgan fingerprint density at radius 1 is 1.16 bits per heavy atom. The molecule has 108 valence electrons. The third-order valence-electron chi connectivity index (χ3n) is 4.40. The van der Waals surface area contributed by atoms with E-state index in [2.05, 4.69) is 51.2 Å². The molecule has 0 atom stereocenters. The van der Waals surface area contributed by atoms with Crippen LogP contribution in [0.25, 0.3) is 0 Å². The molecule has 19 heavy (non-hydrogen) atoms. The minimum Gasteiger partial charge on any atom is -0.306 e. The minimum absolute atomic E-state index is 0.194. The molecule has 3 heteroatoms. The fraction of sp³-hybridized carbons (Fsp3) is 0.812. The molecule has 0 saturated carbocycles. The molecule has 0 spiro atoms. The second kappa shape index (κ2) is 5.28. The molecular weight excluding hydrogens is 234 g/mol. The second-order valence-electron chi connectivity index (χ2n) is 7.22. The van der Waals surface area contributed by atoms with Gasteiger partial charge in [0, 0.05) is 17.8 Å². The lowest BCUT2D eigenvalue weighted by Crippen LogP contribution is -2.32. The fourth-order valence-corrected chi connectivity index (χ4v) is 3.45. The van der Waals surface area contributed by atoms with Crippen LogP contribution < -0.4 is 0 Å². The van der Waals surface area contributed by atoms with Gasteiger partial charge < -0.3 is 4.90 Å². The van der Waals surface area contributed by atoms with Crippen molar-refractivity contribution in [2.24, 2.45) is 5.92 Å². The number of aromatic nitrogens is 2. The van der Waals surface area contributed by atoms with Crippen molar-refractivity contribution in [1.82, 2.24) is 14.7 Å². The van der Waals surface area contributed by atoms with E-state index >= 15 is 0 Å². The standard InChI is InChI=1S/C16H29N3/c1-12-15(16(3,4)5)13(2)19(17-12)11-14-7-9-18(6)10-8-14/h14H,7-11H2,1-6H3. The monoisotopic (exact) mass is 263 g/mol. The van der Waals surface area contributed by atoms with Gasteiger partial charge in [-0.05, 0) is 58.2 Å². The summed E-state index contributed by atoms with van der Waals surface area (Å²) < 4.78 is 2.26. The fourth-order valence-electron chi connectivity index (χ4n) is 3.45. The summed E-state index contributed by atoms with van der Waals surface area (Å²) in [5.41, 5.74) is 4.20. The molecule has 0 aromatic carbocycles. The Morgan fingerprint density at radius 2 is 1.74 bits per heavy atom. The maximum absolute atomic E-state index is 4.79. The molecule has 1 aromatic rings. The first kappa shape index (κ1) is 14.6. The van der Waals surface area contributed by atoms with Crippen molar-refractivity contribution < 1.29 is 0 Å². The van der Waals surface area contributed by atoms with Crippen molar-refractivity contribution in [2.45, 2.75) is 59.4 Å². The van der Waals surface area contributed by atoms with E-state index in [-0.39, 0.29) is 5.41 Å². The number of hydrogen-bond donors (Lipinski definition) is 0. The first-order valence-electron chi connectivity index (χ1n) is 7.52. The molecule has 1 aliphatic rings. The topological polar surface area (TPSA) is 21.1 Å². The van der Waals surface area contributed by atoms with E-state index in [0.29, 0.717) is 0 Å². The van der Waals surface area contributed by atoms with Gasteiger partial charge in [0.25, 0.3) is 0 Å². The number of piperidine rings is 1. The Balaban J connectivity index is 2.14. The van der Waals surface area contributed by atoms with Gasteiger partial charge in [-0.3, -0.25) is 4.68 Å². The maximum atomic E-state index is 4.79. The molecule has 0 bridgehead atoms. The lowest BCUT2D eigenvalue weighted by atomic mass is 9.85. The van der Waals surface area contributed by atoms with Gasteiger partial charge in [0.15, 0.2) is 0 Å². The molecule has 1 aliphatic heterocycles. The van der Waals surface area contributed by atoms with Crippen LogP contribution in [0.3, 0.4) is 0 Å². The molecule has 0 radical (unpaired) electrons. The average Bonchev–Trinajstić information content (AvgIpc) is 2.56. The zero-order valence-electron chi connectivity index (χ0n) is 13.5. The highest BCUT2D eigenvalue weighted by Gasteiger charge is 2.25. The van der Waals surface area contributed by atoms with Crippen molar-refractivity contribution >= 4 is 0 Å². The normalized spacial score (nSPS) is 19.1. The molecule has 0 unspecified atom stereocenters. The first-order chi connectivity index (χ1) is 8.79. The Labute approximate surface area is 118 Å². The molecule has 0 amide bonds. The van der Waals surface area contributed by atoms with Gasteiger partial charge in [0.05, 0.1) is 5.69 Å². The lowest BCUT2D eigenvalue weighted by Gasteiger charge is -2.29. The summed E-state index contributed by atoms with van der Waals surface area (Å²) in [4.78, 5) is 2.43. The predicted molar refractivity (Wildman–Crippen MR) is 80.6 cm³/mol. The zero-order chi connectivity index (χ0) is 14.2. The highest BCUT2D eigenvalue weighted by Crippen LogP contribution is 2.29. The summed E-state index contributed by atoms with van der Waals surface area (Å²) in [6.45, 7) is 14.8. The quantitative estimate of drug-likeness (QED) is 0.817. The molecule has 1 fully saturated rings. The van der Waals surface area contributed by atoms with Crippen LogP contribution in [0.15, 0.2) is 0 Å². The van der Waals surface area contributed by atoms with Crippen LogP contribution in [0.2, 0.25) is 0 Å². The SMILES string of the molecule is Cc1nn(CC2CCN(C)CC2)c(C)c1C(C)(C)C. The summed E-state index contributed by atoms with van der Waals surface area (Å²) >= 11 is 0. The van der Waals surface area contributed by atoms with E-state index < -0.39 is 0 Å². The van der Waals surface area contributed by atoms with Gasteiger partial charge in [-0.25, -0.2) is 0 Å². The van der Waals surface area contributed by atoms with Gasteiger partial charge in [-0.2, -0.15) is 5.10 Å². The number of hydrogen-bond acceptors (Lipinski definition) is 2. The van der Waals surface area contributed by atoms with Crippen LogP contribution in [0.5, 0.6) is 0 Å². The van der Waals surface area contributed by atoms with Crippen LogP contribution in [-0.2, 0) is 12.0 Å². The van der Waals surface area contributed by atoms with Crippen molar-refractivity contribution in [3.05, 3.63) is 17.0 Å². The first-order valence-corrected chi connectivity index (χ1v) is 7.52. The molecule has 0 aliphatic carbocycles. The summed E-state index contributed by atoms with van der Waals surface area (Å²) in [6, 6.07) is 0. The van der Waals surface area contributed by atoms with Crippen molar-refractivity contribution in [3.8, 4) is 0 Å². The number of likely N-dealkylation sites (tertiary alicyclic amines) is 1. The third-order valence-corrected chi connectivity index (χ3v) is 4.40. The Kier molecular flexibility index (Phi) is 4.05. The van der Waals surface area contributed by atoms with E-state index in [1.54, 1.807) is 0 Å². The van der Waals surface area contributed by atoms with Crippen molar-refractivity contribution in [3.63, 3.8) is 0 Å². The molecule has 1 aromatic heterocycles. The van der Waals surface area contributed by atoms with E-state index in [1.807, 2.05) is 0 Å². The maximum Gasteiger partial charge on any atom is 0.0633 e. The third kappa shape index (κ3) is 3.19. The minimum atomic E-state index is 0.194. The molecule has 2 heterocycles. The van der Waals surface area contributed by atoms with Crippen LogP contribution in [0, 0.1) is 19.8 Å². The van der Waals surface area contributed by atoms with Crippen LogP contribution in [-0.4, -0.2) is 34.8 Å². The van der Waals surface area contributed by atoms with E-state index in [9.17, 15) is 0 Å². The Hall–Kier alpha value is -0.830. The van der Waals surface area contributed by atoms with Gasteiger partial charge in [-0.15, -0.1) is 0 Å². The molecule has 1 saturated heterocycles. The van der Waals surface area contributed by atoms with Crippen LogP contribution >= 0.6 is 0 Å². The number of aryl methyl sites for hydroxylation is 1. The summed E-state index contributed by atoms with van der Waals surface area (Å²) in [6.07, 6.45) is 2.61. The van der Waals surface area contributed by atoms with Gasteiger partial charge in [0.1, 0.15) is 0 Å². The average molecular weight is 263 g/mol. The molecule has 3 nitrogen and oxygen atoms in total. The Morgan fingerprint density at radius 3 is 2.21 bits per heavy atom. The van der Waals surface area contributed by atoms with Gasteiger partial charge in [0.2, 0.25) is 0 Å². The summed E-state index contributed by atoms with van der Waals surface area (Å²) in [5.74, 6) is 0.794. The van der Waals surface area contributed by atoms with Crippen LogP contribution in [0.1, 0.15) is 50.6 Å². The zero-order valence-corrected chi connectivity index (χ0v) is 13.5. The highest BCUT2D eigenvalue weighted by molar-refractivity contribution is 5.31. The van der Waals surface area contributed by atoms with Gasteiger partial charge in [-0.1, -0.05) is 20.8 Å². The smallest absolute Gasteiger partial charge is 0.0633 e. The van der Waals surface area contributed by atoms with Crippen molar-refractivity contribution in [1.29, 1.82) is 0 Å². The van der Waals surface area contributed by atoms with Gasteiger partial charge >= 0.3 is 0 Å². The lowest BCUT2D eigenvalue weighted by molar-refractivity contribution is 0.200. The van der Waals surface area contributed by atoms with E-state index in [4.69, 9.17) is 5.10 Å². The molecule has 2 rings (SSSR count). The van der Waals surface area contributed by atoms with E-state index in [0.717, 1.165) is 12.5 Å². The largest absolute Gasteiger partial charge is 0.306 e. The predicted octanol–water partition coefficient (Wildman–Crippen LogP) is 3.14. The summed E-state index contributed by atoms with van der Waals surface area (Å²) in [7, 11) is 2.22. The molecule has 0 N–H and O–H groups in total. The molecular formula is C16H29N3. The number of rotatable bonds is 2. The second-order valence-corrected chi connectivity index (χ2v) is 7.22. The highest BCUT2D eigenvalue weighted by atomic mass is 15.3. The van der Waals surface area contributed by atoms with Crippen LogP contribution in [0.4, 0.5) is 0 Å². The Bertz CT molecular complexity index is 432.